The molecule has 3 heterocycles. The average Bonchev–Trinajstić information content (AvgIpc) is 3.01. The Morgan fingerprint density at radius 3 is 3.00 bits per heavy atom. The van der Waals surface area contributed by atoms with Crippen molar-refractivity contribution in [3.05, 3.63) is 34.6 Å². The lowest BCUT2D eigenvalue weighted by molar-refractivity contribution is -0.122. The zero-order valence-corrected chi connectivity index (χ0v) is 13.5. The number of amides is 1. The second-order valence-corrected chi connectivity index (χ2v) is 6.63. The largest absolute Gasteiger partial charge is 0.350 e. The van der Waals surface area contributed by atoms with Crippen molar-refractivity contribution in [3.8, 4) is 0 Å². The Morgan fingerprint density at radius 2 is 2.08 bits per heavy atom. The Balaban J connectivity index is 1.47. The van der Waals surface area contributed by atoms with Gasteiger partial charge in [0.1, 0.15) is 12.1 Å². The molecular weight excluding hydrogens is 306 g/mol. The average molecular weight is 327 g/mol. The Labute approximate surface area is 139 Å². The van der Waals surface area contributed by atoms with Crippen LogP contribution in [0.25, 0.3) is 10.9 Å². The predicted molar refractivity (Wildman–Crippen MR) is 89.6 cm³/mol. The Morgan fingerprint density at radius 1 is 1.21 bits per heavy atom. The SMILES string of the molecule is O=C(Cn1nnc2ccccc2c1=O)N[C@@H]1CCN2CCCC[C@@H]12. The van der Waals surface area contributed by atoms with E-state index in [-0.39, 0.29) is 24.1 Å². The van der Waals surface area contributed by atoms with Crippen LogP contribution < -0.4 is 10.9 Å². The van der Waals surface area contributed by atoms with Crippen molar-refractivity contribution in [1.29, 1.82) is 0 Å². The number of hydrogen-bond acceptors (Lipinski definition) is 5. The van der Waals surface area contributed by atoms with Crippen LogP contribution in [0.1, 0.15) is 25.7 Å². The van der Waals surface area contributed by atoms with Gasteiger partial charge in [-0.05, 0) is 37.9 Å². The van der Waals surface area contributed by atoms with Crippen LogP contribution in [0.2, 0.25) is 0 Å². The smallest absolute Gasteiger partial charge is 0.278 e. The number of carbonyl (C=O) groups excluding carboxylic acids is 1. The standard InChI is InChI=1S/C17H21N5O2/c23-16(18-14-8-10-21-9-4-3-7-15(14)21)11-22-17(24)12-5-1-2-6-13(12)19-20-22/h1-2,5-6,14-15H,3-4,7-11H2,(H,18,23)/t14-,15+/m1/s1. The fraction of sp³-hybridized carbons (Fsp3) is 0.529. The second kappa shape index (κ2) is 6.32. The highest BCUT2D eigenvalue weighted by Gasteiger charge is 2.36. The topological polar surface area (TPSA) is 80.1 Å². The van der Waals surface area contributed by atoms with Gasteiger partial charge in [-0.1, -0.05) is 23.8 Å². The van der Waals surface area contributed by atoms with Crippen LogP contribution >= 0.6 is 0 Å². The summed E-state index contributed by atoms with van der Waals surface area (Å²) in [4.78, 5) is 27.2. The van der Waals surface area contributed by atoms with E-state index in [1.54, 1.807) is 18.2 Å². The van der Waals surface area contributed by atoms with Crippen molar-refractivity contribution in [2.24, 2.45) is 0 Å². The number of rotatable bonds is 3. The lowest BCUT2D eigenvalue weighted by Crippen LogP contribution is -2.48. The summed E-state index contributed by atoms with van der Waals surface area (Å²) in [7, 11) is 0. The van der Waals surface area contributed by atoms with E-state index in [9.17, 15) is 9.59 Å². The van der Waals surface area contributed by atoms with Crippen molar-refractivity contribution in [2.45, 2.75) is 44.3 Å². The maximum atomic E-state index is 12.4. The van der Waals surface area contributed by atoms with Crippen LogP contribution in [0.15, 0.2) is 29.1 Å². The highest BCUT2D eigenvalue weighted by Crippen LogP contribution is 2.27. The van der Waals surface area contributed by atoms with Crippen LogP contribution in [0.5, 0.6) is 0 Å². The number of aromatic nitrogens is 3. The molecular formula is C17H21N5O2. The third-order valence-corrected chi connectivity index (χ3v) is 5.13. The third kappa shape index (κ3) is 2.80. The Hall–Kier alpha value is -2.28. The zero-order valence-electron chi connectivity index (χ0n) is 13.5. The molecule has 24 heavy (non-hydrogen) atoms. The minimum atomic E-state index is -0.276. The molecule has 0 bridgehead atoms. The molecule has 7 heteroatoms. The van der Waals surface area contributed by atoms with Gasteiger partial charge in [0.2, 0.25) is 5.91 Å². The van der Waals surface area contributed by atoms with E-state index in [0.29, 0.717) is 16.9 Å². The molecule has 0 unspecified atom stereocenters. The third-order valence-electron chi connectivity index (χ3n) is 5.13. The molecule has 0 aliphatic carbocycles. The lowest BCUT2D eigenvalue weighted by atomic mass is 9.99. The van der Waals surface area contributed by atoms with Crippen LogP contribution in [0.4, 0.5) is 0 Å². The molecule has 1 aromatic heterocycles. The number of piperidine rings is 1. The number of hydrogen-bond donors (Lipinski definition) is 1. The van der Waals surface area contributed by atoms with Gasteiger partial charge in [-0.25, -0.2) is 4.68 Å². The van der Waals surface area contributed by atoms with Gasteiger partial charge in [0.05, 0.1) is 5.39 Å². The number of fused-ring (bicyclic) bond motifs is 2. The second-order valence-electron chi connectivity index (χ2n) is 6.63. The van der Waals surface area contributed by atoms with Crippen LogP contribution in [0.3, 0.4) is 0 Å². The number of nitrogens with one attached hydrogen (secondary N) is 1. The highest BCUT2D eigenvalue weighted by atomic mass is 16.2. The maximum absolute atomic E-state index is 12.4. The quantitative estimate of drug-likeness (QED) is 0.890. The molecule has 0 radical (unpaired) electrons. The monoisotopic (exact) mass is 327 g/mol. The molecule has 2 saturated heterocycles. The molecule has 4 rings (SSSR count). The summed E-state index contributed by atoms with van der Waals surface area (Å²) in [5.41, 5.74) is 0.272. The van der Waals surface area contributed by atoms with Gasteiger partial charge in [-0.15, -0.1) is 5.10 Å². The van der Waals surface area contributed by atoms with Gasteiger partial charge in [0, 0.05) is 18.6 Å². The van der Waals surface area contributed by atoms with Crippen molar-refractivity contribution < 1.29 is 4.79 Å². The zero-order chi connectivity index (χ0) is 16.5. The molecule has 7 nitrogen and oxygen atoms in total. The summed E-state index contributed by atoms with van der Waals surface area (Å²) in [5.74, 6) is -0.167. The molecule has 2 fully saturated rings. The summed E-state index contributed by atoms with van der Waals surface area (Å²) in [6.45, 7) is 2.10. The summed E-state index contributed by atoms with van der Waals surface area (Å²) < 4.78 is 1.14. The van der Waals surface area contributed by atoms with E-state index in [0.717, 1.165) is 30.6 Å². The van der Waals surface area contributed by atoms with Crippen LogP contribution in [0, 0.1) is 0 Å². The van der Waals surface area contributed by atoms with E-state index in [1.165, 1.54) is 12.8 Å². The molecule has 1 amide bonds. The molecule has 1 N–H and O–H groups in total. The van der Waals surface area contributed by atoms with E-state index in [1.807, 2.05) is 6.07 Å². The normalized spacial score (nSPS) is 24.0. The lowest BCUT2D eigenvalue weighted by Gasteiger charge is -2.32. The molecule has 0 saturated carbocycles. The molecule has 126 valence electrons. The number of carbonyl (C=O) groups is 1. The van der Waals surface area contributed by atoms with Crippen LogP contribution in [-0.2, 0) is 11.3 Å². The van der Waals surface area contributed by atoms with Gasteiger partial charge in [0.15, 0.2) is 0 Å². The fourth-order valence-corrected chi connectivity index (χ4v) is 3.93. The maximum Gasteiger partial charge on any atom is 0.278 e. The first kappa shape index (κ1) is 15.3. The van der Waals surface area contributed by atoms with Crippen molar-refractivity contribution in [2.75, 3.05) is 13.1 Å². The van der Waals surface area contributed by atoms with Crippen molar-refractivity contribution in [1.82, 2.24) is 25.2 Å². The molecule has 2 aliphatic rings. The molecule has 2 aliphatic heterocycles. The fourth-order valence-electron chi connectivity index (χ4n) is 3.93. The first-order chi connectivity index (χ1) is 11.7. The highest BCUT2D eigenvalue weighted by molar-refractivity contribution is 5.78. The summed E-state index contributed by atoms with van der Waals surface area (Å²) >= 11 is 0. The van der Waals surface area contributed by atoms with Crippen molar-refractivity contribution >= 4 is 16.8 Å². The first-order valence-electron chi connectivity index (χ1n) is 8.58. The summed E-state index contributed by atoms with van der Waals surface area (Å²) in [6.07, 6.45) is 4.60. The summed E-state index contributed by atoms with van der Waals surface area (Å²) in [6, 6.07) is 7.67. The van der Waals surface area contributed by atoms with Gasteiger partial charge < -0.3 is 5.32 Å². The molecule has 1 aromatic carbocycles. The van der Waals surface area contributed by atoms with Gasteiger partial charge in [-0.2, -0.15) is 0 Å². The molecule has 0 spiro atoms. The van der Waals surface area contributed by atoms with E-state index < -0.39 is 0 Å². The van der Waals surface area contributed by atoms with E-state index >= 15 is 0 Å². The number of nitrogens with zero attached hydrogens (tertiary/aromatic N) is 4. The van der Waals surface area contributed by atoms with Gasteiger partial charge >= 0.3 is 0 Å². The first-order valence-corrected chi connectivity index (χ1v) is 8.58. The Kier molecular flexibility index (Phi) is 4.02. The van der Waals surface area contributed by atoms with Crippen LogP contribution in [-0.4, -0.2) is 51.0 Å². The minimum absolute atomic E-state index is 0.0834. The van der Waals surface area contributed by atoms with E-state index in [4.69, 9.17) is 0 Å². The predicted octanol–water partition coefficient (Wildman–Crippen LogP) is 0.534. The van der Waals surface area contributed by atoms with Gasteiger partial charge in [-0.3, -0.25) is 14.5 Å². The Bertz CT molecular complexity index is 818. The van der Waals surface area contributed by atoms with E-state index in [2.05, 4.69) is 20.5 Å². The minimum Gasteiger partial charge on any atom is -0.350 e. The molecule has 2 aromatic rings. The number of benzene rings is 1. The summed E-state index contributed by atoms with van der Waals surface area (Å²) in [5, 5.41) is 11.5. The molecule has 2 atom stereocenters. The van der Waals surface area contributed by atoms with Crippen molar-refractivity contribution in [3.63, 3.8) is 0 Å². The van der Waals surface area contributed by atoms with Gasteiger partial charge in [0.25, 0.3) is 5.56 Å².